The number of hydrogen-bond acceptors (Lipinski definition) is 7. The van der Waals surface area contributed by atoms with Gasteiger partial charge in [0.1, 0.15) is 5.78 Å². The first-order chi connectivity index (χ1) is 16.2. The maximum Gasteiger partial charge on any atom is 0.306 e. The van der Waals surface area contributed by atoms with Crippen molar-refractivity contribution >= 4 is 29.2 Å². The number of rotatable bonds is 15. The minimum Gasteiger partial charge on any atom is -0.481 e. The molecule has 3 unspecified atom stereocenters. The van der Waals surface area contributed by atoms with Gasteiger partial charge in [-0.3, -0.25) is 9.59 Å². The second kappa shape index (κ2) is 14.0. The molecule has 8 heteroatoms. The molecule has 0 saturated heterocycles. The average Bonchev–Trinajstić information content (AvgIpc) is 3.19. The zero-order valence-electron chi connectivity index (χ0n) is 22.2. The van der Waals surface area contributed by atoms with Crippen LogP contribution in [0.4, 0.5) is 0 Å². The standard InChI is InChI=1S/C27H44N2O5S/c1-16(11-12-22(28)18(3)13-21-15-35-20(5)29-21)9-8-10-17(2)25(33)19(4)26(34)27(6,7)23(30)14-24(31)32/h11,13,15,17,19,22-23,25,30,33H,8-10,12,14,28H2,1-7H3,(H,31,32)/b16-11-,18-13+/t17?,19?,22-,23?,25-/m0/s1. The predicted molar refractivity (Wildman–Crippen MR) is 142 cm³/mol. The van der Waals surface area contributed by atoms with Crippen molar-refractivity contribution in [2.75, 3.05) is 0 Å². The van der Waals surface area contributed by atoms with Crippen molar-refractivity contribution in [3.63, 3.8) is 0 Å². The van der Waals surface area contributed by atoms with Crippen molar-refractivity contribution in [1.82, 2.24) is 4.98 Å². The Labute approximate surface area is 214 Å². The molecule has 1 aromatic rings. The van der Waals surface area contributed by atoms with Gasteiger partial charge in [-0.05, 0) is 58.4 Å². The van der Waals surface area contributed by atoms with Crippen molar-refractivity contribution in [2.24, 2.45) is 23.0 Å². The minimum absolute atomic E-state index is 0.0700. The van der Waals surface area contributed by atoms with Crippen LogP contribution in [-0.4, -0.2) is 50.3 Å². The molecule has 0 amide bonds. The molecule has 0 saturated carbocycles. The van der Waals surface area contributed by atoms with Gasteiger partial charge in [0.25, 0.3) is 0 Å². The lowest BCUT2D eigenvalue weighted by Crippen LogP contribution is -2.45. The molecule has 0 aliphatic carbocycles. The molecule has 7 nitrogen and oxygen atoms in total. The van der Waals surface area contributed by atoms with E-state index < -0.39 is 35.9 Å². The number of hydrogen-bond donors (Lipinski definition) is 4. The van der Waals surface area contributed by atoms with Crippen LogP contribution < -0.4 is 5.73 Å². The highest BCUT2D eigenvalue weighted by Crippen LogP contribution is 2.31. The van der Waals surface area contributed by atoms with Gasteiger partial charge in [-0.1, -0.05) is 44.9 Å². The minimum atomic E-state index is -1.30. The number of nitrogens with two attached hydrogens (primary N) is 1. The number of Topliss-reactive ketones (excluding diaryl/α,β-unsaturated/α-hetero) is 1. The topological polar surface area (TPSA) is 134 Å². The maximum atomic E-state index is 12.9. The summed E-state index contributed by atoms with van der Waals surface area (Å²) in [6.45, 7) is 12.7. The summed E-state index contributed by atoms with van der Waals surface area (Å²) in [5, 5.41) is 32.9. The number of carbonyl (C=O) groups is 2. The van der Waals surface area contributed by atoms with Gasteiger partial charge in [-0.25, -0.2) is 4.98 Å². The first kappa shape index (κ1) is 31.2. The largest absolute Gasteiger partial charge is 0.481 e. The number of aliphatic carboxylic acids is 1. The zero-order valence-corrected chi connectivity index (χ0v) is 23.1. The summed E-state index contributed by atoms with van der Waals surface area (Å²) in [4.78, 5) is 28.3. The predicted octanol–water partition coefficient (Wildman–Crippen LogP) is 4.75. The van der Waals surface area contributed by atoms with Crippen LogP contribution in [0, 0.1) is 24.2 Å². The third-order valence-electron chi connectivity index (χ3n) is 6.89. The Morgan fingerprint density at radius 1 is 1.23 bits per heavy atom. The fraction of sp³-hybridized carbons (Fsp3) is 0.667. The molecule has 1 heterocycles. The number of aryl methyl sites for hydroxylation is 1. The molecule has 0 radical (unpaired) electrons. The van der Waals surface area contributed by atoms with Gasteiger partial charge in [-0.15, -0.1) is 11.3 Å². The third kappa shape index (κ3) is 9.95. The number of carboxylic acids is 1. The van der Waals surface area contributed by atoms with Crippen molar-refractivity contribution in [3.8, 4) is 0 Å². The molecule has 0 spiro atoms. The first-order valence-corrected chi connectivity index (χ1v) is 13.2. The van der Waals surface area contributed by atoms with E-state index in [9.17, 15) is 19.8 Å². The fourth-order valence-corrected chi connectivity index (χ4v) is 4.67. The quantitative estimate of drug-likeness (QED) is 0.251. The number of carbonyl (C=O) groups excluding carboxylic acids is 1. The molecule has 0 aliphatic heterocycles. The Bertz CT molecular complexity index is 905. The fourth-order valence-electron chi connectivity index (χ4n) is 4.10. The molecule has 5 atom stereocenters. The summed E-state index contributed by atoms with van der Waals surface area (Å²) in [6, 6.07) is -0.0700. The molecule has 0 bridgehead atoms. The van der Waals surface area contributed by atoms with Crippen LogP contribution in [0.5, 0.6) is 0 Å². The molecule has 0 aromatic carbocycles. The molecule has 35 heavy (non-hydrogen) atoms. The van der Waals surface area contributed by atoms with E-state index in [0.717, 1.165) is 42.0 Å². The number of nitrogens with zero attached hydrogens (tertiary/aromatic N) is 1. The lowest BCUT2D eigenvalue weighted by molar-refractivity contribution is -0.147. The van der Waals surface area contributed by atoms with E-state index in [1.807, 2.05) is 32.2 Å². The lowest BCUT2D eigenvalue weighted by Gasteiger charge is -2.34. The number of carboxylic acid groups (broad SMARTS) is 1. The molecule has 1 rings (SSSR count). The summed E-state index contributed by atoms with van der Waals surface area (Å²) >= 11 is 1.62. The lowest BCUT2D eigenvalue weighted by atomic mass is 9.73. The van der Waals surface area contributed by atoms with Crippen molar-refractivity contribution in [3.05, 3.63) is 33.3 Å². The number of thiazole rings is 1. The smallest absolute Gasteiger partial charge is 0.306 e. The summed E-state index contributed by atoms with van der Waals surface area (Å²) < 4.78 is 0. The Balaban J connectivity index is 2.54. The van der Waals surface area contributed by atoms with Crippen LogP contribution in [0.1, 0.15) is 84.3 Å². The van der Waals surface area contributed by atoms with Crippen LogP contribution in [-0.2, 0) is 9.59 Å². The van der Waals surface area contributed by atoms with Crippen LogP contribution in [0.25, 0.3) is 6.08 Å². The van der Waals surface area contributed by atoms with E-state index in [-0.39, 0.29) is 17.7 Å². The van der Waals surface area contributed by atoms with E-state index in [0.29, 0.717) is 0 Å². The summed E-state index contributed by atoms with van der Waals surface area (Å²) in [5.41, 5.74) is 8.35. The van der Waals surface area contributed by atoms with E-state index in [2.05, 4.69) is 18.0 Å². The Hall–Kier alpha value is -1.87. The number of aromatic nitrogens is 1. The van der Waals surface area contributed by atoms with E-state index >= 15 is 0 Å². The van der Waals surface area contributed by atoms with Crippen molar-refractivity contribution in [2.45, 2.75) is 98.8 Å². The van der Waals surface area contributed by atoms with E-state index in [1.165, 1.54) is 19.4 Å². The Morgan fingerprint density at radius 3 is 2.40 bits per heavy atom. The van der Waals surface area contributed by atoms with Crippen molar-refractivity contribution in [1.29, 1.82) is 0 Å². The van der Waals surface area contributed by atoms with Crippen LogP contribution in [0.15, 0.2) is 22.6 Å². The molecular formula is C27H44N2O5S. The van der Waals surface area contributed by atoms with Crippen LogP contribution >= 0.6 is 11.3 Å². The average molecular weight is 509 g/mol. The molecule has 0 aliphatic rings. The van der Waals surface area contributed by atoms with Gasteiger partial charge in [0, 0.05) is 17.3 Å². The molecule has 5 N–H and O–H groups in total. The van der Waals surface area contributed by atoms with Gasteiger partial charge in [-0.2, -0.15) is 0 Å². The number of ketones is 1. The molecule has 0 fully saturated rings. The maximum absolute atomic E-state index is 12.9. The van der Waals surface area contributed by atoms with Gasteiger partial charge in [0.2, 0.25) is 0 Å². The van der Waals surface area contributed by atoms with Gasteiger partial charge in [0.15, 0.2) is 0 Å². The van der Waals surface area contributed by atoms with E-state index in [1.54, 1.807) is 18.3 Å². The monoisotopic (exact) mass is 508 g/mol. The SMILES string of the molecule is C/C(=C/C[C@H](N)/C(C)=C/c1csc(C)n1)CCCC(C)[C@H](O)C(C)C(=O)C(C)(C)C(O)CC(=O)O. The Kier molecular flexibility index (Phi) is 12.5. The third-order valence-corrected chi connectivity index (χ3v) is 7.68. The normalized spacial score (nSPS) is 17.5. The number of aliphatic hydroxyl groups excluding tert-OH is 2. The highest BCUT2D eigenvalue weighted by Gasteiger charge is 2.41. The highest BCUT2D eigenvalue weighted by molar-refractivity contribution is 7.09. The van der Waals surface area contributed by atoms with E-state index in [4.69, 9.17) is 10.8 Å². The summed E-state index contributed by atoms with van der Waals surface area (Å²) in [6.07, 6.45) is 4.76. The Morgan fingerprint density at radius 2 is 1.86 bits per heavy atom. The second-order valence-corrected chi connectivity index (χ2v) is 11.5. The first-order valence-electron chi connectivity index (χ1n) is 12.3. The van der Waals surface area contributed by atoms with Crippen LogP contribution in [0.3, 0.4) is 0 Å². The van der Waals surface area contributed by atoms with Crippen molar-refractivity contribution < 1.29 is 24.9 Å². The van der Waals surface area contributed by atoms with Crippen LogP contribution in [0.2, 0.25) is 0 Å². The number of allylic oxidation sites excluding steroid dienone is 1. The zero-order chi connectivity index (χ0) is 26.9. The number of aliphatic hydroxyl groups is 2. The summed E-state index contributed by atoms with van der Waals surface area (Å²) in [7, 11) is 0. The summed E-state index contributed by atoms with van der Waals surface area (Å²) in [5.74, 6) is -2.30. The molecule has 198 valence electrons. The molecular weight excluding hydrogens is 464 g/mol. The molecule has 1 aromatic heterocycles. The van der Waals surface area contributed by atoms with Gasteiger partial charge < -0.3 is 21.1 Å². The van der Waals surface area contributed by atoms with Gasteiger partial charge >= 0.3 is 5.97 Å². The second-order valence-electron chi connectivity index (χ2n) is 10.4. The highest BCUT2D eigenvalue weighted by atomic mass is 32.1. The van der Waals surface area contributed by atoms with Gasteiger partial charge in [0.05, 0.1) is 34.7 Å².